The lowest BCUT2D eigenvalue weighted by molar-refractivity contribution is -0.385. The third-order valence-corrected chi connectivity index (χ3v) is 4.93. The molecule has 11 heteroatoms. The number of non-ortho nitro benzene ring substituents is 1. The predicted octanol–water partition coefficient (Wildman–Crippen LogP) is 2.93. The molecule has 0 fully saturated rings. The molecule has 0 heterocycles. The monoisotopic (exact) mass is 428 g/mol. The van der Waals surface area contributed by atoms with Crippen LogP contribution in [-0.4, -0.2) is 45.8 Å². The summed E-state index contributed by atoms with van der Waals surface area (Å²) in [6.07, 6.45) is 0.895. The van der Waals surface area contributed by atoms with Gasteiger partial charge in [0.2, 0.25) is 0 Å². The smallest absolute Gasteiger partial charge is 0.271 e. The third-order valence-electron chi connectivity index (χ3n) is 3.54. The van der Waals surface area contributed by atoms with E-state index in [4.69, 9.17) is 21.1 Å². The Labute approximate surface area is 166 Å². The lowest BCUT2D eigenvalue weighted by atomic mass is 10.2. The summed E-state index contributed by atoms with van der Waals surface area (Å²) in [6.45, 7) is 0.472. The van der Waals surface area contributed by atoms with E-state index < -0.39 is 26.4 Å². The molecule has 0 aliphatic rings. The van der Waals surface area contributed by atoms with Crippen LogP contribution in [0.1, 0.15) is 10.4 Å². The van der Waals surface area contributed by atoms with Crippen molar-refractivity contribution in [2.45, 2.75) is 4.90 Å². The molecule has 0 spiro atoms. The summed E-state index contributed by atoms with van der Waals surface area (Å²) in [4.78, 5) is 22.6. The number of anilines is 1. The second-order valence-corrected chi connectivity index (χ2v) is 8.08. The summed E-state index contributed by atoms with van der Waals surface area (Å²) in [6, 6.07) is 7.62. The largest absolute Gasteiger partial charge is 0.487 e. The van der Waals surface area contributed by atoms with Gasteiger partial charge < -0.3 is 14.8 Å². The van der Waals surface area contributed by atoms with E-state index in [1.165, 1.54) is 13.2 Å². The van der Waals surface area contributed by atoms with Crippen LogP contribution in [0, 0.1) is 10.1 Å². The molecule has 1 amide bonds. The number of halogens is 1. The number of hydrogen-bond acceptors (Lipinski definition) is 7. The number of nitrogens with zero attached hydrogens (tertiary/aromatic N) is 1. The zero-order valence-electron chi connectivity index (χ0n) is 15.0. The van der Waals surface area contributed by atoms with Gasteiger partial charge in [-0.2, -0.15) is 0 Å². The van der Waals surface area contributed by atoms with E-state index in [9.17, 15) is 23.3 Å². The number of carbonyl (C=O) groups is 1. The number of rotatable bonds is 8. The maximum Gasteiger partial charge on any atom is 0.271 e. The van der Waals surface area contributed by atoms with E-state index in [2.05, 4.69) is 5.32 Å². The highest BCUT2D eigenvalue weighted by Gasteiger charge is 2.20. The van der Waals surface area contributed by atoms with E-state index in [1.807, 2.05) is 0 Å². The van der Waals surface area contributed by atoms with E-state index in [1.54, 1.807) is 12.1 Å². The van der Waals surface area contributed by atoms with Crippen LogP contribution in [0.2, 0.25) is 5.02 Å². The molecule has 0 radical (unpaired) electrons. The lowest BCUT2D eigenvalue weighted by Gasteiger charge is -2.14. The highest BCUT2D eigenvalue weighted by Crippen LogP contribution is 2.33. The molecule has 0 aliphatic heterocycles. The van der Waals surface area contributed by atoms with Crippen LogP contribution in [0.4, 0.5) is 11.4 Å². The Kier molecular flexibility index (Phi) is 6.95. The van der Waals surface area contributed by atoms with E-state index >= 15 is 0 Å². The Morgan fingerprint density at radius 1 is 1.25 bits per heavy atom. The van der Waals surface area contributed by atoms with Gasteiger partial charge in [-0.1, -0.05) is 17.7 Å². The zero-order chi connectivity index (χ0) is 20.9. The molecule has 2 aromatic carbocycles. The van der Waals surface area contributed by atoms with Gasteiger partial charge in [-0.05, 0) is 18.2 Å². The first-order chi connectivity index (χ1) is 13.1. The van der Waals surface area contributed by atoms with Crippen molar-refractivity contribution in [3.8, 4) is 5.75 Å². The Morgan fingerprint density at radius 3 is 2.57 bits per heavy atom. The molecule has 150 valence electrons. The Bertz CT molecular complexity index is 1010. The van der Waals surface area contributed by atoms with Gasteiger partial charge in [0.05, 0.1) is 27.1 Å². The molecule has 0 atom stereocenters. The Morgan fingerprint density at radius 2 is 1.96 bits per heavy atom. The number of methoxy groups -OCH3 is 1. The van der Waals surface area contributed by atoms with Gasteiger partial charge >= 0.3 is 0 Å². The zero-order valence-corrected chi connectivity index (χ0v) is 16.5. The predicted molar refractivity (Wildman–Crippen MR) is 103 cm³/mol. The summed E-state index contributed by atoms with van der Waals surface area (Å²) < 4.78 is 34.0. The van der Waals surface area contributed by atoms with Crippen LogP contribution in [0.3, 0.4) is 0 Å². The Hall–Kier alpha value is -2.69. The first-order valence-electron chi connectivity index (χ1n) is 7.84. The molecule has 0 unspecified atom stereocenters. The molecule has 0 saturated heterocycles. The van der Waals surface area contributed by atoms with Gasteiger partial charge in [0.25, 0.3) is 11.6 Å². The number of nitrogens with one attached hydrogen (secondary N) is 1. The van der Waals surface area contributed by atoms with Crippen LogP contribution >= 0.6 is 11.6 Å². The number of benzene rings is 2. The highest BCUT2D eigenvalue weighted by molar-refractivity contribution is 7.90. The van der Waals surface area contributed by atoms with Crippen molar-refractivity contribution in [1.29, 1.82) is 0 Å². The number of nitro groups is 1. The van der Waals surface area contributed by atoms with Gasteiger partial charge in [0.1, 0.15) is 6.61 Å². The van der Waals surface area contributed by atoms with Crippen LogP contribution in [0.25, 0.3) is 0 Å². The minimum atomic E-state index is -3.76. The van der Waals surface area contributed by atoms with Crippen molar-refractivity contribution in [3.63, 3.8) is 0 Å². The second kappa shape index (κ2) is 9.00. The number of carbonyl (C=O) groups excluding carboxylic acids is 1. The number of ether oxygens (including phenoxy) is 2. The highest BCUT2D eigenvalue weighted by atomic mass is 35.5. The minimum Gasteiger partial charge on any atom is -0.487 e. The summed E-state index contributed by atoms with van der Waals surface area (Å²) >= 11 is 6.10. The first kappa shape index (κ1) is 21.6. The van der Waals surface area contributed by atoms with Gasteiger partial charge in [0, 0.05) is 31.1 Å². The molecule has 1 N–H and O–H groups in total. The number of amides is 1. The third kappa shape index (κ3) is 5.41. The van der Waals surface area contributed by atoms with Gasteiger partial charge in [0.15, 0.2) is 15.6 Å². The number of hydrogen-bond donors (Lipinski definition) is 1. The Balaban J connectivity index is 2.39. The second-order valence-electron chi connectivity index (χ2n) is 5.66. The standard InChI is InChI=1S/C17H17ClN2O7S/c1-26-6-7-27-16-14(18)4-3-5-15(16)19-17(21)11-8-12(20(22)23)10-13(9-11)28(2,24)25/h3-5,8-10H,6-7H2,1-2H3,(H,19,21). The molecule has 0 aliphatic carbocycles. The molecule has 0 aromatic heterocycles. The molecular formula is C17H17ClN2O7S. The average molecular weight is 429 g/mol. The van der Waals surface area contributed by atoms with Crippen molar-refractivity contribution in [3.05, 3.63) is 57.1 Å². The molecule has 2 aromatic rings. The van der Waals surface area contributed by atoms with Gasteiger partial charge in [-0.15, -0.1) is 0 Å². The summed E-state index contributed by atoms with van der Waals surface area (Å²) in [5, 5.41) is 13.9. The fourth-order valence-corrected chi connectivity index (χ4v) is 3.11. The van der Waals surface area contributed by atoms with Crippen molar-refractivity contribution in [2.24, 2.45) is 0 Å². The molecule has 28 heavy (non-hydrogen) atoms. The normalized spacial score (nSPS) is 11.1. The van der Waals surface area contributed by atoms with Gasteiger partial charge in [-0.3, -0.25) is 14.9 Å². The van der Waals surface area contributed by atoms with Crippen molar-refractivity contribution < 1.29 is 27.6 Å². The maximum atomic E-state index is 12.6. The summed E-state index contributed by atoms with van der Waals surface area (Å²) in [7, 11) is -2.26. The van der Waals surface area contributed by atoms with Crippen LogP contribution in [-0.2, 0) is 14.6 Å². The van der Waals surface area contributed by atoms with Crippen molar-refractivity contribution >= 4 is 38.7 Å². The van der Waals surface area contributed by atoms with Crippen molar-refractivity contribution in [1.82, 2.24) is 0 Å². The number of para-hydroxylation sites is 1. The summed E-state index contributed by atoms with van der Waals surface area (Å²) in [5.41, 5.74) is -0.491. The van der Waals surface area contributed by atoms with E-state index in [0.29, 0.717) is 6.61 Å². The minimum absolute atomic E-state index is 0.179. The molecule has 9 nitrogen and oxygen atoms in total. The number of sulfone groups is 1. The van der Waals surface area contributed by atoms with Crippen LogP contribution < -0.4 is 10.1 Å². The van der Waals surface area contributed by atoms with E-state index in [0.717, 1.165) is 24.5 Å². The fraction of sp³-hybridized carbons (Fsp3) is 0.235. The maximum absolute atomic E-state index is 12.6. The van der Waals surface area contributed by atoms with Gasteiger partial charge in [-0.25, -0.2) is 8.42 Å². The van der Waals surface area contributed by atoms with Crippen LogP contribution in [0.5, 0.6) is 5.75 Å². The molecule has 0 saturated carbocycles. The molecule has 2 rings (SSSR count). The quantitative estimate of drug-likeness (QED) is 0.389. The SMILES string of the molecule is COCCOc1c(Cl)cccc1NC(=O)c1cc([N+](=O)[O-])cc(S(C)(=O)=O)c1. The topological polar surface area (TPSA) is 125 Å². The number of nitro benzene ring substituents is 1. The van der Waals surface area contributed by atoms with Crippen LogP contribution in [0.15, 0.2) is 41.3 Å². The van der Waals surface area contributed by atoms with Crippen molar-refractivity contribution in [2.75, 3.05) is 31.9 Å². The molecule has 0 bridgehead atoms. The fourth-order valence-electron chi connectivity index (χ4n) is 2.21. The van der Waals surface area contributed by atoms with E-state index in [-0.39, 0.29) is 33.5 Å². The molecular weight excluding hydrogens is 412 g/mol. The first-order valence-corrected chi connectivity index (χ1v) is 10.1. The summed E-state index contributed by atoms with van der Waals surface area (Å²) in [5.74, 6) is -0.559. The lowest BCUT2D eigenvalue weighted by Crippen LogP contribution is -2.15. The average Bonchev–Trinajstić information content (AvgIpc) is 2.62.